The second kappa shape index (κ2) is 7.20. The molecule has 1 saturated heterocycles. The molecule has 5 N–H and O–H groups in total. The standard InChI is InChI=1S/C16H19N4O6PS/c1-27(23,24)25-6-9-12(21)13(22)16(26-9)20-5-8(10-3-2-4-28-10)11-14(17)18-7-19-15(11)20/h2-5,7,9,12-13,16,21-22H,6H2,1H3,(H,23,24)(H2,17,18,19). The Bertz CT molecular complexity index is 1040. The van der Waals surface area contributed by atoms with E-state index in [1.807, 2.05) is 17.5 Å². The molecule has 10 nitrogen and oxygen atoms in total. The molecular weight excluding hydrogens is 407 g/mol. The molecule has 0 radical (unpaired) electrons. The summed E-state index contributed by atoms with van der Waals surface area (Å²) >= 11 is 1.51. The minimum absolute atomic E-state index is 0.285. The zero-order valence-corrected chi connectivity index (χ0v) is 16.5. The van der Waals surface area contributed by atoms with Gasteiger partial charge in [0.25, 0.3) is 0 Å². The summed E-state index contributed by atoms with van der Waals surface area (Å²) in [7, 11) is -3.75. The van der Waals surface area contributed by atoms with Crippen molar-refractivity contribution in [2.24, 2.45) is 0 Å². The molecule has 1 fully saturated rings. The quantitative estimate of drug-likeness (QED) is 0.441. The number of hydrogen-bond acceptors (Lipinski definition) is 9. The monoisotopic (exact) mass is 426 g/mol. The number of aromatic nitrogens is 3. The third-order valence-corrected chi connectivity index (χ3v) is 6.05. The number of aliphatic hydroxyl groups excluding tert-OH is 2. The molecule has 0 spiro atoms. The lowest BCUT2D eigenvalue weighted by molar-refractivity contribution is -0.0480. The maximum atomic E-state index is 11.4. The number of fused-ring (bicyclic) bond motifs is 1. The van der Waals surface area contributed by atoms with Gasteiger partial charge in [0.05, 0.1) is 12.0 Å². The van der Waals surface area contributed by atoms with E-state index >= 15 is 0 Å². The Morgan fingerprint density at radius 1 is 1.39 bits per heavy atom. The highest BCUT2D eigenvalue weighted by Gasteiger charge is 2.45. The van der Waals surface area contributed by atoms with Crippen LogP contribution in [0.2, 0.25) is 0 Å². The molecular formula is C16H19N4O6PS. The van der Waals surface area contributed by atoms with E-state index in [1.54, 1.807) is 10.8 Å². The highest BCUT2D eigenvalue weighted by atomic mass is 32.1. The van der Waals surface area contributed by atoms with Crippen molar-refractivity contribution >= 4 is 35.8 Å². The molecule has 0 bridgehead atoms. The predicted octanol–water partition coefficient (Wildman–Crippen LogP) is 1.19. The van der Waals surface area contributed by atoms with Gasteiger partial charge in [-0.2, -0.15) is 0 Å². The van der Waals surface area contributed by atoms with Gasteiger partial charge in [-0.05, 0) is 11.4 Å². The van der Waals surface area contributed by atoms with Gasteiger partial charge in [-0.1, -0.05) is 6.07 Å². The third-order valence-electron chi connectivity index (χ3n) is 4.52. The second-order valence-electron chi connectivity index (χ2n) is 6.53. The summed E-state index contributed by atoms with van der Waals surface area (Å²) in [4.78, 5) is 18.6. The molecule has 5 atom stereocenters. The van der Waals surface area contributed by atoms with Crippen molar-refractivity contribution in [3.8, 4) is 10.4 Å². The lowest BCUT2D eigenvalue weighted by atomic mass is 10.1. The van der Waals surface area contributed by atoms with Crippen LogP contribution in [0.5, 0.6) is 0 Å². The number of anilines is 1. The number of rotatable bonds is 5. The first-order valence-corrected chi connectivity index (χ1v) is 11.3. The van der Waals surface area contributed by atoms with E-state index in [4.69, 9.17) is 15.0 Å². The fourth-order valence-corrected chi connectivity index (χ4v) is 4.40. The van der Waals surface area contributed by atoms with Crippen molar-refractivity contribution in [2.45, 2.75) is 24.5 Å². The van der Waals surface area contributed by atoms with Crippen LogP contribution in [-0.4, -0.2) is 61.2 Å². The maximum absolute atomic E-state index is 11.4. The molecule has 4 rings (SSSR count). The molecule has 12 heteroatoms. The lowest BCUT2D eigenvalue weighted by Gasteiger charge is -2.17. The first-order chi connectivity index (χ1) is 13.3. The molecule has 0 saturated carbocycles. The second-order valence-corrected chi connectivity index (χ2v) is 9.34. The molecule has 5 unspecified atom stereocenters. The van der Waals surface area contributed by atoms with Crippen LogP contribution in [0, 0.1) is 0 Å². The summed E-state index contributed by atoms with van der Waals surface area (Å²) < 4.78 is 23.5. The van der Waals surface area contributed by atoms with E-state index in [2.05, 4.69) is 9.97 Å². The third kappa shape index (κ3) is 3.46. The molecule has 0 aliphatic carbocycles. The zero-order chi connectivity index (χ0) is 20.1. The lowest BCUT2D eigenvalue weighted by Crippen LogP contribution is -2.33. The number of nitrogens with two attached hydrogens (primary N) is 1. The summed E-state index contributed by atoms with van der Waals surface area (Å²) in [5.74, 6) is 0.285. The number of aliphatic hydroxyl groups is 2. The summed E-state index contributed by atoms with van der Waals surface area (Å²) in [5.41, 5.74) is 7.29. The van der Waals surface area contributed by atoms with Crippen molar-refractivity contribution in [2.75, 3.05) is 19.0 Å². The van der Waals surface area contributed by atoms with Crippen LogP contribution in [-0.2, 0) is 13.8 Å². The largest absolute Gasteiger partial charge is 0.387 e. The van der Waals surface area contributed by atoms with Gasteiger partial charge >= 0.3 is 7.60 Å². The smallest absolute Gasteiger partial charge is 0.325 e. The number of ether oxygens (including phenoxy) is 1. The molecule has 0 amide bonds. The number of nitrogens with zero attached hydrogens (tertiary/aromatic N) is 3. The predicted molar refractivity (Wildman–Crippen MR) is 103 cm³/mol. The van der Waals surface area contributed by atoms with Gasteiger partial charge in [0.1, 0.15) is 36.1 Å². The summed E-state index contributed by atoms with van der Waals surface area (Å²) in [6, 6.07) is 3.83. The van der Waals surface area contributed by atoms with E-state index in [-0.39, 0.29) is 12.4 Å². The van der Waals surface area contributed by atoms with E-state index in [9.17, 15) is 19.7 Å². The number of nitrogen functional groups attached to an aromatic ring is 1. The summed E-state index contributed by atoms with van der Waals surface area (Å²) in [5, 5.41) is 23.4. The molecule has 3 aromatic heterocycles. The Hall–Kier alpha value is -1.85. The average Bonchev–Trinajstić information content (AvgIpc) is 3.33. The molecule has 3 aromatic rings. The van der Waals surface area contributed by atoms with Gasteiger partial charge in [0, 0.05) is 23.3 Å². The normalized spacial score (nSPS) is 27.3. The van der Waals surface area contributed by atoms with Crippen molar-refractivity contribution in [1.29, 1.82) is 0 Å². The van der Waals surface area contributed by atoms with E-state index in [0.717, 1.165) is 17.1 Å². The van der Waals surface area contributed by atoms with Crippen LogP contribution >= 0.6 is 18.9 Å². The Labute approximate surface area is 163 Å². The Morgan fingerprint density at radius 2 is 2.18 bits per heavy atom. The van der Waals surface area contributed by atoms with E-state index in [1.165, 1.54) is 17.7 Å². The first kappa shape index (κ1) is 19.5. The molecule has 150 valence electrons. The fraction of sp³-hybridized carbons (Fsp3) is 0.375. The Balaban J connectivity index is 1.73. The van der Waals surface area contributed by atoms with Crippen LogP contribution in [0.25, 0.3) is 21.5 Å². The van der Waals surface area contributed by atoms with Crippen molar-refractivity contribution in [1.82, 2.24) is 14.5 Å². The van der Waals surface area contributed by atoms with Crippen LogP contribution in [0.1, 0.15) is 6.23 Å². The van der Waals surface area contributed by atoms with Gasteiger partial charge in [-0.25, -0.2) is 9.97 Å². The summed E-state index contributed by atoms with van der Waals surface area (Å²) in [6.07, 6.45) is -1.53. The Morgan fingerprint density at radius 3 is 2.86 bits per heavy atom. The van der Waals surface area contributed by atoms with Crippen molar-refractivity contribution < 1.29 is 28.9 Å². The van der Waals surface area contributed by atoms with Crippen LogP contribution in [0.3, 0.4) is 0 Å². The zero-order valence-electron chi connectivity index (χ0n) is 14.7. The van der Waals surface area contributed by atoms with Crippen LogP contribution in [0.15, 0.2) is 30.0 Å². The average molecular weight is 426 g/mol. The van der Waals surface area contributed by atoms with Gasteiger partial charge in [0.15, 0.2) is 6.23 Å². The first-order valence-electron chi connectivity index (χ1n) is 8.37. The maximum Gasteiger partial charge on any atom is 0.325 e. The fourth-order valence-electron chi connectivity index (χ4n) is 3.23. The number of thiophene rings is 1. The molecule has 4 heterocycles. The highest BCUT2D eigenvalue weighted by molar-refractivity contribution is 7.51. The minimum Gasteiger partial charge on any atom is -0.387 e. The molecule has 1 aliphatic rings. The van der Waals surface area contributed by atoms with Crippen molar-refractivity contribution in [3.63, 3.8) is 0 Å². The van der Waals surface area contributed by atoms with Crippen LogP contribution < -0.4 is 5.73 Å². The molecule has 1 aliphatic heterocycles. The van der Waals surface area contributed by atoms with Crippen LogP contribution in [0.4, 0.5) is 5.82 Å². The van der Waals surface area contributed by atoms with Gasteiger partial charge in [0.2, 0.25) is 0 Å². The molecule has 0 aromatic carbocycles. The van der Waals surface area contributed by atoms with Gasteiger partial charge in [-0.15, -0.1) is 11.3 Å². The minimum atomic E-state index is -3.75. The van der Waals surface area contributed by atoms with E-state index < -0.39 is 32.1 Å². The Kier molecular flexibility index (Phi) is 5.00. The summed E-state index contributed by atoms with van der Waals surface area (Å²) in [6.45, 7) is 0.696. The highest BCUT2D eigenvalue weighted by Crippen LogP contribution is 2.41. The molecule has 28 heavy (non-hydrogen) atoms. The van der Waals surface area contributed by atoms with Crippen molar-refractivity contribution in [3.05, 3.63) is 30.0 Å². The van der Waals surface area contributed by atoms with E-state index in [0.29, 0.717) is 11.0 Å². The SMILES string of the molecule is CP(=O)(O)OCC1OC(n2cc(-c3cccs3)c3c(N)ncnc32)C(O)C1O. The van der Waals surface area contributed by atoms with Gasteiger partial charge in [-0.3, -0.25) is 4.57 Å². The topological polar surface area (TPSA) is 153 Å². The van der Waals surface area contributed by atoms with Gasteiger partial charge < -0.3 is 34.7 Å². The number of hydrogen-bond donors (Lipinski definition) is 4.